The van der Waals surface area contributed by atoms with E-state index in [0.717, 1.165) is 22.3 Å². The minimum absolute atomic E-state index is 0.0505. The third-order valence-electron chi connectivity index (χ3n) is 3.79. The lowest BCUT2D eigenvalue weighted by Gasteiger charge is -2.06. The van der Waals surface area contributed by atoms with Gasteiger partial charge in [0.25, 0.3) is 5.89 Å². The summed E-state index contributed by atoms with van der Waals surface area (Å²) >= 11 is 0. The van der Waals surface area contributed by atoms with Crippen LogP contribution in [0.4, 0.5) is 0 Å². The number of rotatable bonds is 4. The van der Waals surface area contributed by atoms with E-state index in [0.29, 0.717) is 11.4 Å². The van der Waals surface area contributed by atoms with E-state index >= 15 is 0 Å². The van der Waals surface area contributed by atoms with Crippen molar-refractivity contribution in [3.8, 4) is 11.4 Å². The van der Waals surface area contributed by atoms with Crippen LogP contribution in [-0.4, -0.2) is 16.1 Å². The van der Waals surface area contributed by atoms with Gasteiger partial charge in [0.05, 0.1) is 5.56 Å². The quantitative estimate of drug-likeness (QED) is 0.679. The van der Waals surface area contributed by atoms with Crippen LogP contribution in [0, 0.1) is 20.8 Å². The van der Waals surface area contributed by atoms with Crippen molar-refractivity contribution in [2.24, 2.45) is 0 Å². The summed E-state index contributed by atoms with van der Waals surface area (Å²) in [5, 5.41) is 3.95. The molecule has 0 fully saturated rings. The molecule has 0 aliphatic carbocycles. The van der Waals surface area contributed by atoms with E-state index in [1.165, 1.54) is 0 Å². The molecule has 0 atom stereocenters. The van der Waals surface area contributed by atoms with Gasteiger partial charge in [0.2, 0.25) is 5.82 Å². The van der Waals surface area contributed by atoms with Gasteiger partial charge in [-0.15, -0.1) is 0 Å². The Labute approximate surface area is 140 Å². The average Bonchev–Trinajstić information content (AvgIpc) is 3.04. The lowest BCUT2D eigenvalue weighted by molar-refractivity contribution is 0.0429. The van der Waals surface area contributed by atoms with Crippen LogP contribution in [0.3, 0.4) is 0 Å². The molecule has 0 saturated heterocycles. The van der Waals surface area contributed by atoms with E-state index in [-0.39, 0.29) is 12.5 Å². The maximum absolute atomic E-state index is 12.2. The van der Waals surface area contributed by atoms with Gasteiger partial charge in [-0.25, -0.2) is 4.79 Å². The standard InChI is InChI=1S/C19H18N2O3/c1-12-8-9-14(3)16(10-12)19(22)23-11-17-20-18(21-24-17)15-7-5-4-6-13(15)2/h4-10H,11H2,1-3H3. The maximum Gasteiger partial charge on any atom is 0.338 e. The first-order valence-corrected chi connectivity index (χ1v) is 7.67. The average molecular weight is 322 g/mol. The van der Waals surface area contributed by atoms with E-state index in [2.05, 4.69) is 10.1 Å². The van der Waals surface area contributed by atoms with Gasteiger partial charge in [-0.2, -0.15) is 4.98 Å². The molecule has 3 aromatic rings. The van der Waals surface area contributed by atoms with Gasteiger partial charge in [-0.3, -0.25) is 0 Å². The Morgan fingerprint density at radius 1 is 1.08 bits per heavy atom. The van der Waals surface area contributed by atoms with Crippen LogP contribution < -0.4 is 0 Å². The molecule has 0 N–H and O–H groups in total. The molecule has 0 spiro atoms. The smallest absolute Gasteiger partial charge is 0.338 e. The zero-order valence-electron chi connectivity index (χ0n) is 13.9. The van der Waals surface area contributed by atoms with Gasteiger partial charge in [-0.1, -0.05) is 47.1 Å². The minimum Gasteiger partial charge on any atom is -0.452 e. The summed E-state index contributed by atoms with van der Waals surface area (Å²) in [6.07, 6.45) is 0. The second kappa shape index (κ2) is 6.66. The Bertz CT molecular complexity index is 884. The minimum atomic E-state index is -0.396. The normalized spacial score (nSPS) is 10.6. The molecule has 0 bridgehead atoms. The van der Waals surface area contributed by atoms with Gasteiger partial charge < -0.3 is 9.26 Å². The summed E-state index contributed by atoms with van der Waals surface area (Å²) in [4.78, 5) is 16.5. The van der Waals surface area contributed by atoms with E-state index < -0.39 is 5.97 Å². The molecule has 1 heterocycles. The van der Waals surface area contributed by atoms with Crippen molar-refractivity contribution in [2.75, 3.05) is 0 Å². The van der Waals surface area contributed by atoms with Crippen LogP contribution >= 0.6 is 0 Å². The van der Waals surface area contributed by atoms with Crippen molar-refractivity contribution >= 4 is 5.97 Å². The summed E-state index contributed by atoms with van der Waals surface area (Å²) in [7, 11) is 0. The molecule has 0 radical (unpaired) electrons. The predicted molar refractivity (Wildman–Crippen MR) is 89.5 cm³/mol. The van der Waals surface area contributed by atoms with E-state index in [9.17, 15) is 4.79 Å². The number of benzene rings is 2. The number of esters is 1. The Morgan fingerprint density at radius 3 is 2.67 bits per heavy atom. The topological polar surface area (TPSA) is 65.2 Å². The van der Waals surface area contributed by atoms with Gasteiger partial charge in [-0.05, 0) is 38.0 Å². The number of nitrogens with zero attached hydrogens (tertiary/aromatic N) is 2. The van der Waals surface area contributed by atoms with Crippen molar-refractivity contribution < 1.29 is 14.1 Å². The first kappa shape index (κ1) is 15.9. The molecule has 5 heteroatoms. The lowest BCUT2D eigenvalue weighted by Crippen LogP contribution is -2.07. The second-order valence-electron chi connectivity index (χ2n) is 5.72. The molecule has 0 unspecified atom stereocenters. The van der Waals surface area contributed by atoms with Crippen LogP contribution in [0.25, 0.3) is 11.4 Å². The highest BCUT2D eigenvalue weighted by atomic mass is 16.6. The van der Waals surface area contributed by atoms with Gasteiger partial charge >= 0.3 is 5.97 Å². The fourth-order valence-corrected chi connectivity index (χ4v) is 2.41. The largest absolute Gasteiger partial charge is 0.452 e. The molecule has 0 amide bonds. The Balaban J connectivity index is 1.71. The molecular formula is C19H18N2O3. The first-order valence-electron chi connectivity index (χ1n) is 7.67. The SMILES string of the molecule is Cc1ccc(C)c(C(=O)OCc2nc(-c3ccccc3C)no2)c1. The van der Waals surface area contributed by atoms with Crippen LogP contribution in [0.2, 0.25) is 0 Å². The number of carbonyl (C=O) groups excluding carboxylic acids is 1. The number of ether oxygens (including phenoxy) is 1. The molecule has 5 nitrogen and oxygen atoms in total. The number of carbonyl (C=O) groups is 1. The molecule has 0 aliphatic rings. The summed E-state index contributed by atoms with van der Waals surface area (Å²) in [6, 6.07) is 13.4. The molecule has 24 heavy (non-hydrogen) atoms. The third-order valence-corrected chi connectivity index (χ3v) is 3.79. The zero-order chi connectivity index (χ0) is 17.1. The van der Waals surface area contributed by atoms with Crippen molar-refractivity contribution in [2.45, 2.75) is 27.4 Å². The second-order valence-corrected chi connectivity index (χ2v) is 5.72. The van der Waals surface area contributed by atoms with Crippen molar-refractivity contribution in [3.63, 3.8) is 0 Å². The summed E-state index contributed by atoms with van der Waals surface area (Å²) < 4.78 is 10.5. The van der Waals surface area contributed by atoms with Crippen LogP contribution in [0.1, 0.15) is 32.9 Å². The first-order chi connectivity index (χ1) is 11.5. The highest BCUT2D eigenvalue weighted by Gasteiger charge is 2.15. The molecule has 0 aliphatic heterocycles. The molecule has 2 aromatic carbocycles. The monoisotopic (exact) mass is 322 g/mol. The lowest BCUT2D eigenvalue weighted by atomic mass is 10.1. The van der Waals surface area contributed by atoms with Gasteiger partial charge in [0, 0.05) is 5.56 Å². The summed E-state index contributed by atoms with van der Waals surface area (Å²) in [5.74, 6) is 0.365. The van der Waals surface area contributed by atoms with Crippen molar-refractivity contribution in [1.82, 2.24) is 10.1 Å². The number of aryl methyl sites for hydroxylation is 3. The summed E-state index contributed by atoms with van der Waals surface area (Å²) in [6.45, 7) is 5.73. The highest BCUT2D eigenvalue weighted by molar-refractivity contribution is 5.91. The van der Waals surface area contributed by atoms with Gasteiger partial charge in [0.1, 0.15) is 0 Å². The molecular weight excluding hydrogens is 304 g/mol. The van der Waals surface area contributed by atoms with Crippen LogP contribution in [0.5, 0.6) is 0 Å². The highest BCUT2D eigenvalue weighted by Crippen LogP contribution is 2.20. The van der Waals surface area contributed by atoms with E-state index in [1.54, 1.807) is 0 Å². The van der Waals surface area contributed by atoms with Gasteiger partial charge in [0.15, 0.2) is 6.61 Å². The van der Waals surface area contributed by atoms with Crippen LogP contribution in [-0.2, 0) is 11.3 Å². The summed E-state index contributed by atoms with van der Waals surface area (Å²) in [5.41, 5.74) is 4.38. The van der Waals surface area contributed by atoms with Crippen LogP contribution in [0.15, 0.2) is 47.0 Å². The number of hydrogen-bond acceptors (Lipinski definition) is 5. The molecule has 1 aromatic heterocycles. The Morgan fingerprint density at radius 2 is 1.88 bits per heavy atom. The van der Waals surface area contributed by atoms with E-state index in [1.807, 2.05) is 63.2 Å². The maximum atomic E-state index is 12.2. The Hall–Kier alpha value is -2.95. The molecule has 3 rings (SSSR count). The third kappa shape index (κ3) is 3.35. The fourth-order valence-electron chi connectivity index (χ4n) is 2.41. The molecule has 122 valence electrons. The van der Waals surface area contributed by atoms with E-state index in [4.69, 9.17) is 9.26 Å². The molecule has 0 saturated carbocycles. The van der Waals surface area contributed by atoms with Crippen molar-refractivity contribution in [3.05, 3.63) is 70.6 Å². The zero-order valence-corrected chi connectivity index (χ0v) is 13.9. The Kier molecular flexibility index (Phi) is 4.42. The fraction of sp³-hybridized carbons (Fsp3) is 0.211. The predicted octanol–water partition coefficient (Wildman–Crippen LogP) is 4.02. The number of aromatic nitrogens is 2. The number of hydrogen-bond donors (Lipinski definition) is 0. The van der Waals surface area contributed by atoms with Crippen molar-refractivity contribution in [1.29, 1.82) is 0 Å².